The molecule has 0 unspecified atom stereocenters. The van der Waals surface area contributed by atoms with Crippen molar-refractivity contribution < 1.29 is 0 Å². The third kappa shape index (κ3) is 4.35. The van der Waals surface area contributed by atoms with E-state index in [4.69, 9.17) is 0 Å². The molecule has 1 rings (SSSR count). The van der Waals surface area contributed by atoms with E-state index >= 15 is 0 Å². The molecule has 1 heterocycles. The number of hydrogen-bond acceptors (Lipinski definition) is 3. The minimum Gasteiger partial charge on any atom is -0.308 e. The SMILES string of the molecule is CN(C)CCN(C)Cc1cccnc1. The standard InChI is InChI=1S/C11H19N3/c1-13(2)7-8-14(3)10-11-5-4-6-12-9-11/h4-6,9H,7-8,10H2,1-3H3. The Kier molecular flexibility index (Phi) is 4.56. The van der Waals surface area contributed by atoms with Gasteiger partial charge in [-0.25, -0.2) is 0 Å². The molecule has 0 fully saturated rings. The van der Waals surface area contributed by atoms with E-state index in [0.717, 1.165) is 19.6 Å². The van der Waals surface area contributed by atoms with E-state index in [1.165, 1.54) is 5.56 Å². The third-order valence-electron chi connectivity index (χ3n) is 2.10. The van der Waals surface area contributed by atoms with E-state index in [1.807, 2.05) is 18.5 Å². The lowest BCUT2D eigenvalue weighted by Gasteiger charge is -2.18. The van der Waals surface area contributed by atoms with Crippen molar-refractivity contribution in [2.75, 3.05) is 34.2 Å². The maximum Gasteiger partial charge on any atom is 0.0312 e. The Morgan fingerprint density at radius 1 is 1.21 bits per heavy atom. The average Bonchev–Trinajstić information content (AvgIpc) is 2.16. The summed E-state index contributed by atoms with van der Waals surface area (Å²) in [5.41, 5.74) is 1.27. The van der Waals surface area contributed by atoms with Crippen molar-refractivity contribution in [3.05, 3.63) is 30.1 Å². The van der Waals surface area contributed by atoms with Crippen molar-refractivity contribution in [1.29, 1.82) is 0 Å². The van der Waals surface area contributed by atoms with Gasteiger partial charge in [0.15, 0.2) is 0 Å². The second-order valence-corrected chi connectivity index (χ2v) is 3.90. The van der Waals surface area contributed by atoms with Gasteiger partial charge in [-0.3, -0.25) is 4.98 Å². The molecule has 14 heavy (non-hydrogen) atoms. The highest BCUT2D eigenvalue weighted by molar-refractivity contribution is 5.07. The zero-order chi connectivity index (χ0) is 10.4. The summed E-state index contributed by atoms with van der Waals surface area (Å²) in [6.45, 7) is 3.15. The fourth-order valence-corrected chi connectivity index (χ4v) is 1.25. The zero-order valence-electron chi connectivity index (χ0n) is 9.27. The zero-order valence-corrected chi connectivity index (χ0v) is 9.27. The molecule has 0 aliphatic carbocycles. The molecule has 3 heteroatoms. The van der Waals surface area contributed by atoms with E-state index in [1.54, 1.807) is 0 Å². The van der Waals surface area contributed by atoms with Gasteiger partial charge in [0.2, 0.25) is 0 Å². The molecular formula is C11H19N3. The molecular weight excluding hydrogens is 174 g/mol. The summed E-state index contributed by atoms with van der Waals surface area (Å²) in [5, 5.41) is 0. The molecule has 0 amide bonds. The second-order valence-electron chi connectivity index (χ2n) is 3.90. The van der Waals surface area contributed by atoms with Gasteiger partial charge in [0, 0.05) is 32.0 Å². The molecule has 0 N–H and O–H groups in total. The number of pyridine rings is 1. The van der Waals surface area contributed by atoms with Crippen LogP contribution in [0.15, 0.2) is 24.5 Å². The molecule has 0 spiro atoms. The van der Waals surface area contributed by atoms with Crippen LogP contribution in [0.2, 0.25) is 0 Å². The lowest BCUT2D eigenvalue weighted by atomic mass is 10.3. The fourth-order valence-electron chi connectivity index (χ4n) is 1.25. The predicted molar refractivity (Wildman–Crippen MR) is 59.1 cm³/mol. The monoisotopic (exact) mass is 193 g/mol. The van der Waals surface area contributed by atoms with E-state index in [2.05, 4.69) is 42.0 Å². The van der Waals surface area contributed by atoms with Gasteiger partial charge in [-0.05, 0) is 32.8 Å². The van der Waals surface area contributed by atoms with Crippen molar-refractivity contribution in [2.24, 2.45) is 0 Å². The summed E-state index contributed by atoms with van der Waals surface area (Å²) >= 11 is 0. The molecule has 78 valence electrons. The van der Waals surface area contributed by atoms with Crippen LogP contribution in [0.5, 0.6) is 0 Å². The minimum absolute atomic E-state index is 0.974. The Morgan fingerprint density at radius 2 is 2.00 bits per heavy atom. The van der Waals surface area contributed by atoms with E-state index in [0.29, 0.717) is 0 Å². The molecule has 0 radical (unpaired) electrons. The summed E-state index contributed by atoms with van der Waals surface area (Å²) in [5.74, 6) is 0. The van der Waals surface area contributed by atoms with Crippen LogP contribution in [0.1, 0.15) is 5.56 Å². The fraction of sp³-hybridized carbons (Fsp3) is 0.545. The van der Waals surface area contributed by atoms with Gasteiger partial charge in [0.25, 0.3) is 0 Å². The molecule has 0 saturated carbocycles. The van der Waals surface area contributed by atoms with E-state index < -0.39 is 0 Å². The highest BCUT2D eigenvalue weighted by Gasteiger charge is 2.00. The lowest BCUT2D eigenvalue weighted by Crippen LogP contribution is -2.28. The van der Waals surface area contributed by atoms with E-state index in [-0.39, 0.29) is 0 Å². The highest BCUT2D eigenvalue weighted by atomic mass is 15.1. The number of aromatic nitrogens is 1. The first-order valence-electron chi connectivity index (χ1n) is 4.90. The van der Waals surface area contributed by atoms with Crippen molar-refractivity contribution in [2.45, 2.75) is 6.54 Å². The molecule has 0 aromatic carbocycles. The van der Waals surface area contributed by atoms with Gasteiger partial charge >= 0.3 is 0 Å². The third-order valence-corrected chi connectivity index (χ3v) is 2.10. The van der Waals surface area contributed by atoms with Gasteiger partial charge in [-0.1, -0.05) is 6.07 Å². The van der Waals surface area contributed by atoms with Crippen LogP contribution in [-0.4, -0.2) is 49.0 Å². The van der Waals surface area contributed by atoms with Crippen LogP contribution in [0.3, 0.4) is 0 Å². The van der Waals surface area contributed by atoms with Crippen LogP contribution in [-0.2, 0) is 6.54 Å². The first kappa shape index (κ1) is 11.1. The summed E-state index contributed by atoms with van der Waals surface area (Å²) in [6.07, 6.45) is 3.73. The summed E-state index contributed by atoms with van der Waals surface area (Å²) in [6, 6.07) is 4.09. The van der Waals surface area contributed by atoms with Gasteiger partial charge in [0.05, 0.1) is 0 Å². The van der Waals surface area contributed by atoms with Crippen molar-refractivity contribution in [1.82, 2.24) is 14.8 Å². The van der Waals surface area contributed by atoms with Gasteiger partial charge < -0.3 is 9.80 Å². The van der Waals surface area contributed by atoms with Crippen LogP contribution < -0.4 is 0 Å². The predicted octanol–water partition coefficient (Wildman–Crippen LogP) is 1.07. The van der Waals surface area contributed by atoms with Crippen LogP contribution >= 0.6 is 0 Å². The molecule has 0 atom stereocenters. The van der Waals surface area contributed by atoms with Crippen LogP contribution in [0, 0.1) is 0 Å². The highest BCUT2D eigenvalue weighted by Crippen LogP contribution is 1.99. The van der Waals surface area contributed by atoms with E-state index in [9.17, 15) is 0 Å². The summed E-state index contributed by atoms with van der Waals surface area (Å²) in [4.78, 5) is 8.59. The van der Waals surface area contributed by atoms with Crippen LogP contribution in [0.4, 0.5) is 0 Å². The van der Waals surface area contributed by atoms with Gasteiger partial charge in [0.1, 0.15) is 0 Å². The molecule has 0 aliphatic heterocycles. The van der Waals surface area contributed by atoms with Crippen molar-refractivity contribution in [3.8, 4) is 0 Å². The van der Waals surface area contributed by atoms with Crippen molar-refractivity contribution >= 4 is 0 Å². The number of rotatable bonds is 5. The Morgan fingerprint density at radius 3 is 2.57 bits per heavy atom. The Hall–Kier alpha value is -0.930. The first-order valence-corrected chi connectivity index (χ1v) is 4.90. The lowest BCUT2D eigenvalue weighted by molar-refractivity contribution is 0.276. The molecule has 1 aromatic heterocycles. The Balaban J connectivity index is 2.30. The Bertz CT molecular complexity index is 246. The van der Waals surface area contributed by atoms with Crippen LogP contribution in [0.25, 0.3) is 0 Å². The smallest absolute Gasteiger partial charge is 0.0312 e. The summed E-state index contributed by atoms with van der Waals surface area (Å²) in [7, 11) is 6.33. The second kappa shape index (κ2) is 5.73. The number of likely N-dealkylation sites (N-methyl/N-ethyl adjacent to an activating group) is 2. The Labute approximate surface area is 86.4 Å². The molecule has 0 bridgehead atoms. The minimum atomic E-state index is 0.974. The largest absolute Gasteiger partial charge is 0.308 e. The topological polar surface area (TPSA) is 19.4 Å². The molecule has 0 saturated heterocycles. The maximum atomic E-state index is 4.10. The quantitative estimate of drug-likeness (QED) is 0.697. The first-order chi connectivity index (χ1) is 6.68. The normalized spacial score (nSPS) is 11.2. The number of hydrogen-bond donors (Lipinski definition) is 0. The molecule has 0 aliphatic rings. The summed E-state index contributed by atoms with van der Waals surface area (Å²) < 4.78 is 0. The average molecular weight is 193 g/mol. The maximum absolute atomic E-state index is 4.10. The van der Waals surface area contributed by atoms with Crippen molar-refractivity contribution in [3.63, 3.8) is 0 Å². The molecule has 1 aromatic rings. The number of nitrogens with zero attached hydrogens (tertiary/aromatic N) is 3. The van der Waals surface area contributed by atoms with Gasteiger partial charge in [-0.2, -0.15) is 0 Å². The molecule has 3 nitrogen and oxygen atoms in total. The van der Waals surface area contributed by atoms with Gasteiger partial charge in [-0.15, -0.1) is 0 Å².